The van der Waals surface area contributed by atoms with E-state index in [0.717, 1.165) is 61.1 Å². The third-order valence-electron chi connectivity index (χ3n) is 4.77. The Morgan fingerprint density at radius 3 is 2.66 bits per heavy atom. The van der Waals surface area contributed by atoms with Gasteiger partial charge < -0.3 is 14.8 Å². The van der Waals surface area contributed by atoms with Gasteiger partial charge in [0.15, 0.2) is 0 Å². The first kappa shape index (κ1) is 20.8. The van der Waals surface area contributed by atoms with Crippen LogP contribution in [0.5, 0.6) is 5.75 Å². The van der Waals surface area contributed by atoms with Crippen molar-refractivity contribution in [3.63, 3.8) is 0 Å². The second-order valence-corrected chi connectivity index (χ2v) is 6.87. The van der Waals surface area contributed by atoms with Crippen LogP contribution in [-0.2, 0) is 16.1 Å². The highest BCUT2D eigenvalue weighted by Gasteiger charge is 2.14. The van der Waals surface area contributed by atoms with E-state index in [-0.39, 0.29) is 12.5 Å². The molecule has 0 spiro atoms. The van der Waals surface area contributed by atoms with Crippen LogP contribution in [-0.4, -0.2) is 56.5 Å². The minimum absolute atomic E-state index is 0.158. The molecule has 7 heteroatoms. The van der Waals surface area contributed by atoms with Crippen molar-refractivity contribution in [3.05, 3.63) is 59.7 Å². The number of rotatable bonds is 8. The van der Waals surface area contributed by atoms with E-state index in [2.05, 4.69) is 26.8 Å². The number of benzene rings is 2. The predicted molar refractivity (Wildman–Crippen MR) is 114 cm³/mol. The predicted octanol–water partition coefficient (Wildman–Crippen LogP) is 2.48. The Balaban J connectivity index is 1.60. The van der Waals surface area contributed by atoms with Crippen LogP contribution in [0.25, 0.3) is 0 Å². The van der Waals surface area contributed by atoms with Crippen molar-refractivity contribution in [1.29, 1.82) is 0 Å². The lowest BCUT2D eigenvalue weighted by Gasteiger charge is -2.27. The summed E-state index contributed by atoms with van der Waals surface area (Å²) in [6, 6.07) is 15.6. The Labute approximate surface area is 171 Å². The fourth-order valence-corrected chi connectivity index (χ4v) is 3.12. The molecule has 1 amide bonds. The minimum atomic E-state index is -0.199. The van der Waals surface area contributed by atoms with Gasteiger partial charge >= 0.3 is 0 Å². The van der Waals surface area contributed by atoms with Gasteiger partial charge in [-0.05, 0) is 42.8 Å². The summed E-state index contributed by atoms with van der Waals surface area (Å²) < 4.78 is 10.9. The van der Waals surface area contributed by atoms with Crippen molar-refractivity contribution in [2.75, 3.05) is 45.3 Å². The van der Waals surface area contributed by atoms with E-state index >= 15 is 0 Å². The van der Waals surface area contributed by atoms with Crippen molar-refractivity contribution in [3.8, 4) is 5.75 Å². The zero-order valence-electron chi connectivity index (χ0n) is 17.0. The SMILES string of the molecule is COc1ccc(/C(C)=N\NC(=O)CNc2ccccc2)cc1CN1CCOCC1. The summed E-state index contributed by atoms with van der Waals surface area (Å²) in [5.41, 5.74) is 6.29. The number of carbonyl (C=O) groups is 1. The fraction of sp³-hybridized carbons (Fsp3) is 0.364. The van der Waals surface area contributed by atoms with Gasteiger partial charge in [-0.2, -0.15) is 5.10 Å². The fourth-order valence-electron chi connectivity index (χ4n) is 3.12. The van der Waals surface area contributed by atoms with Crippen LogP contribution in [0.3, 0.4) is 0 Å². The number of ether oxygens (including phenoxy) is 2. The van der Waals surface area contributed by atoms with E-state index in [1.54, 1.807) is 7.11 Å². The molecule has 0 unspecified atom stereocenters. The number of nitrogens with zero attached hydrogens (tertiary/aromatic N) is 2. The number of para-hydroxylation sites is 1. The molecule has 0 atom stereocenters. The average molecular weight is 396 g/mol. The molecule has 2 aromatic carbocycles. The third-order valence-corrected chi connectivity index (χ3v) is 4.77. The lowest BCUT2D eigenvalue weighted by molar-refractivity contribution is -0.119. The molecular formula is C22H28N4O3. The van der Waals surface area contributed by atoms with Gasteiger partial charge in [-0.25, -0.2) is 5.43 Å². The van der Waals surface area contributed by atoms with Crippen molar-refractivity contribution in [2.45, 2.75) is 13.5 Å². The van der Waals surface area contributed by atoms with E-state index in [0.29, 0.717) is 0 Å². The Morgan fingerprint density at radius 1 is 1.17 bits per heavy atom. The first-order chi connectivity index (χ1) is 14.2. The Bertz CT molecular complexity index is 833. The minimum Gasteiger partial charge on any atom is -0.496 e. The number of hydrazone groups is 1. The second-order valence-electron chi connectivity index (χ2n) is 6.87. The van der Waals surface area contributed by atoms with Gasteiger partial charge in [-0.15, -0.1) is 0 Å². The summed E-state index contributed by atoms with van der Waals surface area (Å²) in [6.07, 6.45) is 0. The summed E-state index contributed by atoms with van der Waals surface area (Å²) in [4.78, 5) is 14.4. The summed E-state index contributed by atoms with van der Waals surface area (Å²) in [6.45, 7) is 6.16. The van der Waals surface area contributed by atoms with Gasteiger partial charge in [-0.1, -0.05) is 18.2 Å². The number of hydrogen-bond acceptors (Lipinski definition) is 6. The number of nitrogens with one attached hydrogen (secondary N) is 2. The van der Waals surface area contributed by atoms with Gasteiger partial charge in [0.25, 0.3) is 5.91 Å². The molecule has 29 heavy (non-hydrogen) atoms. The highest BCUT2D eigenvalue weighted by Crippen LogP contribution is 2.22. The smallest absolute Gasteiger partial charge is 0.259 e. The van der Waals surface area contributed by atoms with Crippen LogP contribution in [0.1, 0.15) is 18.1 Å². The van der Waals surface area contributed by atoms with Crippen LogP contribution in [0.2, 0.25) is 0 Å². The van der Waals surface area contributed by atoms with E-state index in [9.17, 15) is 4.79 Å². The highest BCUT2D eigenvalue weighted by atomic mass is 16.5. The molecule has 1 heterocycles. The molecule has 1 fully saturated rings. The molecule has 0 saturated carbocycles. The molecule has 2 N–H and O–H groups in total. The molecule has 1 aliphatic heterocycles. The molecule has 0 aliphatic carbocycles. The maximum atomic E-state index is 12.1. The van der Waals surface area contributed by atoms with Crippen molar-refractivity contribution in [1.82, 2.24) is 10.3 Å². The van der Waals surface area contributed by atoms with E-state index in [1.165, 1.54) is 0 Å². The second kappa shape index (κ2) is 10.6. The monoisotopic (exact) mass is 396 g/mol. The first-order valence-corrected chi connectivity index (χ1v) is 9.75. The quantitative estimate of drug-likeness (QED) is 0.530. The largest absolute Gasteiger partial charge is 0.496 e. The van der Waals surface area contributed by atoms with Crippen LogP contribution in [0, 0.1) is 0 Å². The number of carbonyl (C=O) groups excluding carboxylic acids is 1. The van der Waals surface area contributed by atoms with Gasteiger partial charge in [0, 0.05) is 30.9 Å². The molecule has 3 rings (SSSR count). The Hall–Kier alpha value is -2.90. The van der Waals surface area contributed by atoms with E-state index in [4.69, 9.17) is 9.47 Å². The van der Waals surface area contributed by atoms with Gasteiger partial charge in [0.1, 0.15) is 5.75 Å². The Kier molecular flexibility index (Phi) is 7.61. The van der Waals surface area contributed by atoms with Gasteiger partial charge in [0.05, 0.1) is 32.6 Å². The molecule has 0 radical (unpaired) electrons. The summed E-state index contributed by atoms with van der Waals surface area (Å²) in [7, 11) is 1.68. The van der Waals surface area contributed by atoms with Crippen molar-refractivity contribution < 1.29 is 14.3 Å². The summed E-state index contributed by atoms with van der Waals surface area (Å²) in [5, 5.41) is 7.32. The zero-order valence-corrected chi connectivity index (χ0v) is 17.0. The highest BCUT2D eigenvalue weighted by molar-refractivity contribution is 5.99. The number of methoxy groups -OCH3 is 1. The molecule has 7 nitrogen and oxygen atoms in total. The van der Waals surface area contributed by atoms with Crippen molar-refractivity contribution >= 4 is 17.3 Å². The number of hydrogen-bond donors (Lipinski definition) is 2. The number of morpholine rings is 1. The topological polar surface area (TPSA) is 75.2 Å². The molecule has 1 saturated heterocycles. The summed E-state index contributed by atoms with van der Waals surface area (Å²) in [5.74, 6) is 0.652. The average Bonchev–Trinajstić information content (AvgIpc) is 2.77. The first-order valence-electron chi connectivity index (χ1n) is 9.75. The summed E-state index contributed by atoms with van der Waals surface area (Å²) >= 11 is 0. The normalized spacial score (nSPS) is 15.0. The van der Waals surface area contributed by atoms with E-state index in [1.807, 2.05) is 49.4 Å². The molecule has 0 aromatic heterocycles. The lowest BCUT2D eigenvalue weighted by Crippen LogP contribution is -2.35. The lowest BCUT2D eigenvalue weighted by atomic mass is 10.1. The zero-order chi connectivity index (χ0) is 20.5. The van der Waals surface area contributed by atoms with Crippen LogP contribution >= 0.6 is 0 Å². The molecule has 1 aliphatic rings. The Morgan fingerprint density at radius 2 is 1.93 bits per heavy atom. The third kappa shape index (κ3) is 6.30. The van der Waals surface area contributed by atoms with Gasteiger partial charge in [-0.3, -0.25) is 9.69 Å². The van der Waals surface area contributed by atoms with E-state index < -0.39 is 0 Å². The maximum absolute atomic E-state index is 12.1. The van der Waals surface area contributed by atoms with Crippen LogP contribution in [0.15, 0.2) is 53.6 Å². The van der Waals surface area contributed by atoms with Crippen LogP contribution < -0.4 is 15.5 Å². The molecule has 154 valence electrons. The molecule has 2 aromatic rings. The standard InChI is InChI=1S/C22H28N4O3/c1-17(24-25-22(27)15-23-20-6-4-3-5-7-20)18-8-9-21(28-2)19(14-18)16-26-10-12-29-13-11-26/h3-9,14,23H,10-13,15-16H2,1-2H3,(H,25,27)/b24-17-. The van der Waals surface area contributed by atoms with Crippen molar-refractivity contribution in [2.24, 2.45) is 5.10 Å². The molecule has 0 bridgehead atoms. The molecular weight excluding hydrogens is 368 g/mol. The maximum Gasteiger partial charge on any atom is 0.259 e. The van der Waals surface area contributed by atoms with Gasteiger partial charge in [0.2, 0.25) is 0 Å². The number of amides is 1. The van der Waals surface area contributed by atoms with Crippen LogP contribution in [0.4, 0.5) is 5.69 Å². The number of anilines is 1.